The van der Waals surface area contributed by atoms with Crippen LogP contribution in [0.2, 0.25) is 0 Å². The molecule has 0 fully saturated rings. The van der Waals surface area contributed by atoms with Crippen molar-refractivity contribution in [2.75, 3.05) is 0 Å². The van der Waals surface area contributed by atoms with Gasteiger partial charge in [-0.3, -0.25) is 0 Å². The van der Waals surface area contributed by atoms with Crippen molar-refractivity contribution in [3.8, 4) is 0 Å². The minimum atomic E-state index is -4.24. The fraction of sp³-hybridized carbons (Fsp3) is 0.273. The number of aromatic nitrogens is 2. The zero-order chi connectivity index (χ0) is 13.3. The molecule has 0 spiro atoms. The van der Waals surface area contributed by atoms with Crippen LogP contribution in [0.25, 0.3) is 11.0 Å². The lowest BCUT2D eigenvalue weighted by molar-refractivity contribution is -0.133. The van der Waals surface area contributed by atoms with Crippen molar-refractivity contribution >= 4 is 17.1 Å². The van der Waals surface area contributed by atoms with Crippen LogP contribution in [0.3, 0.4) is 0 Å². The number of nitrogens with zero attached hydrogens (tertiary/aromatic N) is 2. The molecule has 0 saturated heterocycles. The Morgan fingerprint density at radius 1 is 1.39 bits per heavy atom. The van der Waals surface area contributed by atoms with E-state index in [9.17, 15) is 18.0 Å². The number of rotatable bonds is 2. The summed E-state index contributed by atoms with van der Waals surface area (Å²) in [6.07, 6.45) is -5.53. The summed E-state index contributed by atoms with van der Waals surface area (Å²) in [6.45, 7) is 0. The Morgan fingerprint density at radius 2 is 2.11 bits per heavy atom. The molecule has 0 aliphatic carbocycles. The maximum absolute atomic E-state index is 12.2. The van der Waals surface area contributed by atoms with Gasteiger partial charge >= 0.3 is 12.3 Å². The number of hydrogen-bond donors (Lipinski definition) is 1. The average Bonchev–Trinajstić information content (AvgIpc) is 2.69. The molecule has 4 nitrogen and oxygen atoms in total. The molecule has 0 aliphatic rings. The Hall–Kier alpha value is -2.05. The molecule has 2 rings (SSSR count). The highest BCUT2D eigenvalue weighted by Gasteiger charge is 2.27. The Kier molecular flexibility index (Phi) is 2.98. The molecule has 0 aliphatic heterocycles. The van der Waals surface area contributed by atoms with Crippen molar-refractivity contribution in [1.29, 1.82) is 0 Å². The summed E-state index contributed by atoms with van der Waals surface area (Å²) in [7, 11) is 0. The third kappa shape index (κ3) is 2.44. The van der Waals surface area contributed by atoms with Gasteiger partial charge in [0.05, 0.1) is 11.0 Å². The molecule has 0 amide bonds. The standard InChI is InChI=1S/C11H9F3N2O2/c12-11(13,14)5-4-7-2-1-3-8-9(7)15-6-16(8)10(17)18/h1-3,6H,4-5H2,(H,17,18). The van der Waals surface area contributed by atoms with Gasteiger partial charge in [0.2, 0.25) is 0 Å². The van der Waals surface area contributed by atoms with Crippen molar-refractivity contribution in [3.63, 3.8) is 0 Å². The summed E-state index contributed by atoms with van der Waals surface area (Å²) in [5, 5.41) is 8.86. The van der Waals surface area contributed by atoms with Crippen LogP contribution >= 0.6 is 0 Å². The predicted molar refractivity (Wildman–Crippen MR) is 57.5 cm³/mol. The van der Waals surface area contributed by atoms with Crippen molar-refractivity contribution in [1.82, 2.24) is 9.55 Å². The van der Waals surface area contributed by atoms with Crippen molar-refractivity contribution < 1.29 is 23.1 Å². The number of carboxylic acid groups (broad SMARTS) is 1. The van der Waals surface area contributed by atoms with E-state index in [0.29, 0.717) is 16.6 Å². The van der Waals surface area contributed by atoms with E-state index in [1.165, 1.54) is 18.2 Å². The Bertz CT molecular complexity index is 589. The minimum absolute atomic E-state index is 0.211. The molecule has 0 unspecified atom stereocenters. The minimum Gasteiger partial charge on any atom is -0.464 e. The van der Waals surface area contributed by atoms with E-state index in [-0.39, 0.29) is 6.42 Å². The number of fused-ring (bicyclic) bond motifs is 1. The Morgan fingerprint density at radius 3 is 2.72 bits per heavy atom. The number of aryl methyl sites for hydroxylation is 1. The van der Waals surface area contributed by atoms with E-state index in [2.05, 4.69) is 4.98 Å². The molecule has 7 heteroatoms. The van der Waals surface area contributed by atoms with Crippen molar-refractivity contribution in [2.24, 2.45) is 0 Å². The van der Waals surface area contributed by atoms with Crippen molar-refractivity contribution in [3.05, 3.63) is 30.1 Å². The number of para-hydroxylation sites is 1. The lowest BCUT2D eigenvalue weighted by atomic mass is 10.1. The first-order chi connectivity index (χ1) is 8.38. The first kappa shape index (κ1) is 12.4. The monoisotopic (exact) mass is 258 g/mol. The normalized spacial score (nSPS) is 11.9. The highest BCUT2D eigenvalue weighted by molar-refractivity contribution is 5.87. The summed E-state index contributed by atoms with van der Waals surface area (Å²) in [5.74, 6) is 0. The number of hydrogen-bond acceptors (Lipinski definition) is 2. The molecule has 18 heavy (non-hydrogen) atoms. The molecule has 1 aromatic heterocycles. The largest absolute Gasteiger partial charge is 0.464 e. The molecule has 0 bridgehead atoms. The number of imidazole rings is 1. The zero-order valence-electron chi connectivity index (χ0n) is 9.11. The summed E-state index contributed by atoms with van der Waals surface area (Å²) in [6, 6.07) is 4.55. The number of halogens is 3. The Balaban J connectivity index is 2.38. The van der Waals surface area contributed by atoms with E-state index in [1.54, 1.807) is 0 Å². The van der Waals surface area contributed by atoms with Gasteiger partial charge in [-0.2, -0.15) is 13.2 Å². The van der Waals surface area contributed by atoms with Gasteiger partial charge in [-0.1, -0.05) is 12.1 Å². The number of alkyl halides is 3. The molecule has 1 aromatic carbocycles. The van der Waals surface area contributed by atoms with Crippen LogP contribution in [0.5, 0.6) is 0 Å². The number of benzene rings is 1. The van der Waals surface area contributed by atoms with Crippen LogP contribution in [-0.4, -0.2) is 26.9 Å². The molecule has 2 aromatic rings. The molecule has 96 valence electrons. The lowest BCUT2D eigenvalue weighted by Gasteiger charge is -2.06. The molecule has 0 saturated carbocycles. The van der Waals surface area contributed by atoms with Crippen LogP contribution in [-0.2, 0) is 6.42 Å². The Labute approximate surface area is 99.7 Å². The summed E-state index contributed by atoms with van der Waals surface area (Å²) in [5.41, 5.74) is 0.983. The lowest BCUT2D eigenvalue weighted by Crippen LogP contribution is -2.09. The maximum atomic E-state index is 12.2. The van der Waals surface area contributed by atoms with Gasteiger partial charge in [-0.05, 0) is 18.1 Å². The fourth-order valence-electron chi connectivity index (χ4n) is 1.73. The summed E-state index contributed by atoms with van der Waals surface area (Å²) in [4.78, 5) is 14.7. The van der Waals surface area contributed by atoms with Gasteiger partial charge in [0.1, 0.15) is 6.33 Å². The van der Waals surface area contributed by atoms with Gasteiger partial charge < -0.3 is 5.11 Å². The second-order valence-corrected chi connectivity index (χ2v) is 3.80. The van der Waals surface area contributed by atoms with Crippen LogP contribution in [0.1, 0.15) is 12.0 Å². The number of carbonyl (C=O) groups is 1. The molecular weight excluding hydrogens is 249 g/mol. The van der Waals surface area contributed by atoms with Crippen LogP contribution in [0.4, 0.5) is 18.0 Å². The van der Waals surface area contributed by atoms with E-state index < -0.39 is 18.7 Å². The second kappa shape index (κ2) is 4.32. The topological polar surface area (TPSA) is 55.1 Å². The first-order valence-corrected chi connectivity index (χ1v) is 5.13. The van der Waals surface area contributed by atoms with Crippen LogP contribution in [0.15, 0.2) is 24.5 Å². The third-order valence-corrected chi connectivity index (χ3v) is 2.54. The van der Waals surface area contributed by atoms with E-state index in [0.717, 1.165) is 10.9 Å². The SMILES string of the molecule is O=C(O)n1cnc2c(CCC(F)(F)F)cccc21. The summed E-state index contributed by atoms with van der Waals surface area (Å²) < 4.78 is 37.3. The van der Waals surface area contributed by atoms with Crippen LogP contribution < -0.4 is 0 Å². The second-order valence-electron chi connectivity index (χ2n) is 3.80. The van der Waals surface area contributed by atoms with Gasteiger partial charge in [0.25, 0.3) is 0 Å². The quantitative estimate of drug-likeness (QED) is 0.900. The van der Waals surface area contributed by atoms with Crippen molar-refractivity contribution in [2.45, 2.75) is 19.0 Å². The summed E-state index contributed by atoms with van der Waals surface area (Å²) >= 11 is 0. The van der Waals surface area contributed by atoms with E-state index >= 15 is 0 Å². The fourth-order valence-corrected chi connectivity index (χ4v) is 1.73. The highest BCUT2D eigenvalue weighted by atomic mass is 19.4. The predicted octanol–water partition coefficient (Wildman–Crippen LogP) is 3.06. The van der Waals surface area contributed by atoms with Gasteiger partial charge in [0, 0.05) is 6.42 Å². The molecule has 1 N–H and O–H groups in total. The smallest absolute Gasteiger partial charge is 0.417 e. The average molecular weight is 258 g/mol. The molecule has 0 atom stereocenters. The maximum Gasteiger partial charge on any atom is 0.417 e. The van der Waals surface area contributed by atoms with E-state index in [4.69, 9.17) is 5.11 Å². The highest BCUT2D eigenvalue weighted by Crippen LogP contribution is 2.25. The van der Waals surface area contributed by atoms with Gasteiger partial charge in [0.15, 0.2) is 0 Å². The molecule has 0 radical (unpaired) electrons. The first-order valence-electron chi connectivity index (χ1n) is 5.13. The van der Waals surface area contributed by atoms with E-state index in [1.807, 2.05) is 0 Å². The molecular formula is C11H9F3N2O2. The third-order valence-electron chi connectivity index (χ3n) is 2.54. The van der Waals surface area contributed by atoms with Crippen LogP contribution in [0, 0.1) is 0 Å². The van der Waals surface area contributed by atoms with Gasteiger partial charge in [-0.25, -0.2) is 14.3 Å². The van der Waals surface area contributed by atoms with Gasteiger partial charge in [-0.15, -0.1) is 0 Å². The zero-order valence-corrected chi connectivity index (χ0v) is 9.11. The molecule has 1 heterocycles.